The van der Waals surface area contributed by atoms with Crippen LogP contribution in [-0.4, -0.2) is 24.6 Å². The van der Waals surface area contributed by atoms with Crippen molar-refractivity contribution in [2.24, 2.45) is 0 Å². The predicted octanol–water partition coefficient (Wildman–Crippen LogP) is 3.21. The lowest BCUT2D eigenvalue weighted by atomic mass is 10.2. The van der Waals surface area contributed by atoms with Gasteiger partial charge in [0.2, 0.25) is 0 Å². The molecule has 0 unspecified atom stereocenters. The van der Waals surface area contributed by atoms with E-state index >= 15 is 0 Å². The molecule has 0 fully saturated rings. The molecule has 6 heteroatoms. The number of hydrogen-bond donors (Lipinski definition) is 1. The number of carbonyl (C=O) groups excluding carboxylic acids is 2. The lowest BCUT2D eigenvalue weighted by molar-refractivity contribution is -0.153. The number of esters is 1. The zero-order valence-corrected chi connectivity index (χ0v) is 14.7. The number of nitrogens with one attached hydrogen (secondary N) is 1. The van der Waals surface area contributed by atoms with Crippen LogP contribution in [0.5, 0.6) is 5.75 Å². The van der Waals surface area contributed by atoms with Gasteiger partial charge in [-0.05, 0) is 49.7 Å². The SMILES string of the molecule is Cc1ccccc1OCCC(=O)O[C@H](C)C(=O)Nc1ccc(C#N)cc1. The van der Waals surface area contributed by atoms with Crippen LogP contribution in [0.2, 0.25) is 0 Å². The number of hydrogen-bond acceptors (Lipinski definition) is 5. The number of nitrogens with zero attached hydrogens (tertiary/aromatic N) is 1. The van der Waals surface area contributed by atoms with Crippen LogP contribution in [0.1, 0.15) is 24.5 Å². The maximum Gasteiger partial charge on any atom is 0.310 e. The summed E-state index contributed by atoms with van der Waals surface area (Å²) in [6.07, 6.45) is -0.889. The van der Waals surface area contributed by atoms with E-state index < -0.39 is 18.0 Å². The Balaban J connectivity index is 1.76. The van der Waals surface area contributed by atoms with Crippen LogP contribution < -0.4 is 10.1 Å². The van der Waals surface area contributed by atoms with Gasteiger partial charge in [-0.2, -0.15) is 5.26 Å². The number of amides is 1. The molecule has 134 valence electrons. The lowest BCUT2D eigenvalue weighted by Crippen LogP contribution is -2.30. The van der Waals surface area contributed by atoms with Gasteiger partial charge < -0.3 is 14.8 Å². The van der Waals surface area contributed by atoms with Crippen molar-refractivity contribution in [2.45, 2.75) is 26.4 Å². The minimum Gasteiger partial charge on any atom is -0.493 e. The maximum absolute atomic E-state index is 12.1. The normalized spacial score (nSPS) is 11.1. The average molecular weight is 352 g/mol. The van der Waals surface area contributed by atoms with Crippen molar-refractivity contribution in [3.05, 3.63) is 59.7 Å². The first kappa shape index (κ1) is 19.0. The second-order valence-corrected chi connectivity index (χ2v) is 5.67. The average Bonchev–Trinajstić information content (AvgIpc) is 2.64. The van der Waals surface area contributed by atoms with E-state index in [1.165, 1.54) is 6.92 Å². The highest BCUT2D eigenvalue weighted by atomic mass is 16.5. The molecule has 2 aromatic rings. The van der Waals surface area contributed by atoms with Gasteiger partial charge in [-0.3, -0.25) is 9.59 Å². The van der Waals surface area contributed by atoms with E-state index in [1.54, 1.807) is 24.3 Å². The number of anilines is 1. The molecule has 0 radical (unpaired) electrons. The summed E-state index contributed by atoms with van der Waals surface area (Å²) in [7, 11) is 0. The Morgan fingerprint density at radius 2 is 1.85 bits per heavy atom. The largest absolute Gasteiger partial charge is 0.493 e. The lowest BCUT2D eigenvalue weighted by Gasteiger charge is -2.14. The van der Waals surface area contributed by atoms with Crippen molar-refractivity contribution in [1.82, 2.24) is 0 Å². The van der Waals surface area contributed by atoms with Gasteiger partial charge in [0.1, 0.15) is 5.75 Å². The highest BCUT2D eigenvalue weighted by Gasteiger charge is 2.18. The van der Waals surface area contributed by atoms with E-state index in [-0.39, 0.29) is 13.0 Å². The summed E-state index contributed by atoms with van der Waals surface area (Å²) in [6.45, 7) is 3.59. The van der Waals surface area contributed by atoms with Gasteiger partial charge in [0, 0.05) is 5.69 Å². The Morgan fingerprint density at radius 3 is 2.50 bits per heavy atom. The fourth-order valence-electron chi connectivity index (χ4n) is 2.14. The Kier molecular flexibility index (Phi) is 6.75. The number of aryl methyl sites for hydroxylation is 1. The molecule has 0 bridgehead atoms. The highest BCUT2D eigenvalue weighted by Crippen LogP contribution is 2.16. The zero-order valence-electron chi connectivity index (χ0n) is 14.7. The first-order valence-electron chi connectivity index (χ1n) is 8.18. The molecular formula is C20H20N2O4. The minimum absolute atomic E-state index is 0.0445. The molecule has 0 heterocycles. The van der Waals surface area contributed by atoms with Crippen molar-refractivity contribution in [3.8, 4) is 11.8 Å². The monoisotopic (exact) mass is 352 g/mol. The first-order valence-corrected chi connectivity index (χ1v) is 8.18. The topological polar surface area (TPSA) is 88.4 Å². The van der Waals surface area contributed by atoms with E-state index in [2.05, 4.69) is 5.32 Å². The Morgan fingerprint density at radius 1 is 1.15 bits per heavy atom. The third kappa shape index (κ3) is 5.64. The van der Waals surface area contributed by atoms with Crippen LogP contribution in [0, 0.1) is 18.3 Å². The second-order valence-electron chi connectivity index (χ2n) is 5.67. The van der Waals surface area contributed by atoms with E-state index in [9.17, 15) is 9.59 Å². The molecule has 6 nitrogen and oxygen atoms in total. The van der Waals surface area contributed by atoms with Crippen molar-refractivity contribution < 1.29 is 19.1 Å². The first-order chi connectivity index (χ1) is 12.5. The summed E-state index contributed by atoms with van der Waals surface area (Å²) in [5, 5.41) is 11.4. The summed E-state index contributed by atoms with van der Waals surface area (Å²) in [6, 6.07) is 15.9. The highest BCUT2D eigenvalue weighted by molar-refractivity contribution is 5.95. The smallest absolute Gasteiger partial charge is 0.310 e. The summed E-state index contributed by atoms with van der Waals surface area (Å²) >= 11 is 0. The molecular weight excluding hydrogens is 332 g/mol. The fourth-order valence-corrected chi connectivity index (χ4v) is 2.14. The van der Waals surface area contributed by atoms with Crippen LogP contribution in [0.4, 0.5) is 5.69 Å². The predicted molar refractivity (Wildman–Crippen MR) is 96.6 cm³/mol. The van der Waals surface area contributed by atoms with Gasteiger partial charge >= 0.3 is 5.97 Å². The van der Waals surface area contributed by atoms with Crippen molar-refractivity contribution >= 4 is 17.6 Å². The van der Waals surface area contributed by atoms with Crippen LogP contribution in [-0.2, 0) is 14.3 Å². The Hall–Kier alpha value is -3.33. The van der Waals surface area contributed by atoms with E-state index in [4.69, 9.17) is 14.7 Å². The van der Waals surface area contributed by atoms with Crippen molar-refractivity contribution in [2.75, 3.05) is 11.9 Å². The van der Waals surface area contributed by atoms with Crippen LogP contribution >= 0.6 is 0 Å². The number of nitriles is 1. The quantitative estimate of drug-likeness (QED) is 0.773. The molecule has 0 saturated carbocycles. The van der Waals surface area contributed by atoms with Gasteiger partial charge in [-0.25, -0.2) is 0 Å². The van der Waals surface area contributed by atoms with Crippen LogP contribution in [0.25, 0.3) is 0 Å². The molecule has 2 rings (SSSR count). The Bertz CT molecular complexity index is 809. The van der Waals surface area contributed by atoms with Crippen LogP contribution in [0.3, 0.4) is 0 Å². The number of para-hydroxylation sites is 1. The molecule has 2 aromatic carbocycles. The number of benzene rings is 2. The molecule has 1 amide bonds. The number of ether oxygens (including phenoxy) is 2. The Labute approximate surface area is 152 Å². The zero-order chi connectivity index (χ0) is 18.9. The van der Waals surface area contributed by atoms with Gasteiger partial charge in [0.25, 0.3) is 5.91 Å². The third-order valence-electron chi connectivity index (χ3n) is 3.62. The molecule has 0 aliphatic rings. The van der Waals surface area contributed by atoms with Gasteiger partial charge in [-0.1, -0.05) is 18.2 Å². The van der Waals surface area contributed by atoms with Crippen LogP contribution in [0.15, 0.2) is 48.5 Å². The molecule has 0 aliphatic carbocycles. The van der Waals surface area contributed by atoms with Gasteiger partial charge in [-0.15, -0.1) is 0 Å². The molecule has 1 atom stereocenters. The molecule has 0 aliphatic heterocycles. The molecule has 1 N–H and O–H groups in total. The second kappa shape index (κ2) is 9.23. The summed E-state index contributed by atoms with van der Waals surface area (Å²) < 4.78 is 10.7. The molecule has 0 spiro atoms. The van der Waals surface area contributed by atoms with E-state index in [0.29, 0.717) is 17.0 Å². The molecule has 26 heavy (non-hydrogen) atoms. The molecule has 0 aromatic heterocycles. The fraction of sp³-hybridized carbons (Fsp3) is 0.250. The maximum atomic E-state index is 12.1. The van der Waals surface area contributed by atoms with Gasteiger partial charge in [0.15, 0.2) is 6.10 Å². The van der Waals surface area contributed by atoms with Crippen molar-refractivity contribution in [1.29, 1.82) is 5.26 Å². The number of carbonyl (C=O) groups is 2. The van der Waals surface area contributed by atoms with Crippen molar-refractivity contribution in [3.63, 3.8) is 0 Å². The summed E-state index contributed by atoms with van der Waals surface area (Å²) in [4.78, 5) is 23.9. The van der Waals surface area contributed by atoms with E-state index in [1.807, 2.05) is 37.3 Å². The number of rotatable bonds is 7. The van der Waals surface area contributed by atoms with Gasteiger partial charge in [0.05, 0.1) is 24.7 Å². The minimum atomic E-state index is -0.934. The summed E-state index contributed by atoms with van der Waals surface area (Å²) in [5.74, 6) is -0.240. The molecule has 0 saturated heterocycles. The van der Waals surface area contributed by atoms with E-state index in [0.717, 1.165) is 5.56 Å². The standard InChI is InChI=1S/C20H20N2O4/c1-14-5-3-4-6-18(14)25-12-11-19(23)26-15(2)20(24)22-17-9-7-16(13-21)8-10-17/h3-10,15H,11-12H2,1-2H3,(H,22,24)/t15-/m1/s1. The summed E-state index contributed by atoms with van der Waals surface area (Å²) in [5.41, 5.74) is 2.01. The third-order valence-corrected chi connectivity index (χ3v) is 3.62.